The number of hydrogen-bond donors (Lipinski definition) is 2. The highest BCUT2D eigenvalue weighted by Gasteiger charge is 2.28. The molecule has 0 saturated carbocycles. The zero-order valence-electron chi connectivity index (χ0n) is 9.34. The number of halogens is 3. The first-order valence-corrected chi connectivity index (χ1v) is 5.14. The van der Waals surface area contributed by atoms with Gasteiger partial charge in [0.2, 0.25) is 0 Å². The number of amides is 1. The van der Waals surface area contributed by atoms with E-state index in [4.69, 9.17) is 5.73 Å². The molecule has 0 spiro atoms. The lowest BCUT2D eigenvalue weighted by atomic mass is 10.3. The maximum Gasteiger partial charge on any atom is 0.405 e. The molecule has 0 fully saturated rings. The van der Waals surface area contributed by atoms with E-state index in [2.05, 4.69) is 0 Å². The van der Waals surface area contributed by atoms with Crippen molar-refractivity contribution in [3.8, 4) is 0 Å². The first-order valence-electron chi connectivity index (χ1n) is 5.14. The van der Waals surface area contributed by atoms with Crippen LogP contribution in [0.25, 0.3) is 0 Å². The Morgan fingerprint density at radius 1 is 1.53 bits per heavy atom. The molecule has 1 rings (SSSR count). The van der Waals surface area contributed by atoms with Crippen molar-refractivity contribution < 1.29 is 18.0 Å². The number of nitrogens with zero attached hydrogens (tertiary/aromatic N) is 1. The highest BCUT2D eigenvalue weighted by Crippen LogP contribution is 2.14. The summed E-state index contributed by atoms with van der Waals surface area (Å²) in [7, 11) is 0. The molecule has 1 aromatic rings. The summed E-state index contributed by atoms with van der Waals surface area (Å²) in [6.45, 7) is 1.09. The normalized spacial score (nSPS) is 11.5. The van der Waals surface area contributed by atoms with Gasteiger partial charge in [0.15, 0.2) is 0 Å². The predicted octanol–water partition coefficient (Wildman–Crippen LogP) is 1.77. The summed E-state index contributed by atoms with van der Waals surface area (Å²) >= 11 is 0. The molecule has 0 unspecified atom stereocenters. The minimum atomic E-state index is -4.41. The van der Waals surface area contributed by atoms with E-state index in [0.29, 0.717) is 12.2 Å². The van der Waals surface area contributed by atoms with Gasteiger partial charge in [0, 0.05) is 12.7 Å². The smallest absolute Gasteiger partial charge is 0.397 e. The molecule has 0 aliphatic carbocycles. The third kappa shape index (κ3) is 4.01. The standard InChI is InChI=1S/C10H14F3N3O/c1-2-3-16-5-7(14)4-8(16)9(17)15-6-10(11,12)13/h4-5H,2-3,6,14H2,1H3,(H,15,17). The van der Waals surface area contributed by atoms with Crippen LogP contribution >= 0.6 is 0 Å². The van der Waals surface area contributed by atoms with Gasteiger partial charge in [-0.05, 0) is 12.5 Å². The molecule has 0 bridgehead atoms. The third-order valence-electron chi connectivity index (χ3n) is 2.06. The number of hydrogen-bond acceptors (Lipinski definition) is 2. The minimum Gasteiger partial charge on any atom is -0.397 e. The molecule has 0 aliphatic rings. The number of aryl methyl sites for hydroxylation is 1. The molecule has 0 atom stereocenters. The van der Waals surface area contributed by atoms with E-state index in [-0.39, 0.29) is 5.69 Å². The molecule has 1 amide bonds. The summed E-state index contributed by atoms with van der Waals surface area (Å²) in [5.41, 5.74) is 6.01. The Balaban J connectivity index is 2.74. The molecular weight excluding hydrogens is 235 g/mol. The summed E-state index contributed by atoms with van der Waals surface area (Å²) in [4.78, 5) is 11.5. The first kappa shape index (κ1) is 13.4. The summed E-state index contributed by atoms with van der Waals surface area (Å²) in [6.07, 6.45) is -2.12. The number of anilines is 1. The fourth-order valence-electron chi connectivity index (χ4n) is 1.42. The van der Waals surface area contributed by atoms with Crippen molar-refractivity contribution in [2.45, 2.75) is 26.1 Å². The Morgan fingerprint density at radius 2 is 2.18 bits per heavy atom. The number of rotatable bonds is 4. The lowest BCUT2D eigenvalue weighted by molar-refractivity contribution is -0.123. The fourth-order valence-corrected chi connectivity index (χ4v) is 1.42. The number of alkyl halides is 3. The van der Waals surface area contributed by atoms with Gasteiger partial charge >= 0.3 is 6.18 Å². The number of nitrogen functional groups attached to an aromatic ring is 1. The molecule has 96 valence electrons. The van der Waals surface area contributed by atoms with Gasteiger partial charge in [-0.1, -0.05) is 6.92 Å². The predicted molar refractivity (Wildman–Crippen MR) is 57.5 cm³/mol. The average Bonchev–Trinajstić information content (AvgIpc) is 2.55. The number of aromatic nitrogens is 1. The van der Waals surface area contributed by atoms with Crippen LogP contribution in [0.4, 0.5) is 18.9 Å². The van der Waals surface area contributed by atoms with Crippen molar-refractivity contribution in [1.82, 2.24) is 9.88 Å². The van der Waals surface area contributed by atoms with Gasteiger partial charge in [-0.15, -0.1) is 0 Å². The van der Waals surface area contributed by atoms with Crippen molar-refractivity contribution in [3.63, 3.8) is 0 Å². The minimum absolute atomic E-state index is 0.147. The lowest BCUT2D eigenvalue weighted by Crippen LogP contribution is -2.34. The van der Waals surface area contributed by atoms with E-state index in [0.717, 1.165) is 6.42 Å². The van der Waals surface area contributed by atoms with Crippen LogP contribution in [-0.2, 0) is 6.54 Å². The van der Waals surface area contributed by atoms with Crippen LogP contribution in [0.5, 0.6) is 0 Å². The number of carbonyl (C=O) groups excluding carboxylic acids is 1. The van der Waals surface area contributed by atoms with E-state index < -0.39 is 18.6 Å². The van der Waals surface area contributed by atoms with E-state index in [1.807, 2.05) is 12.2 Å². The van der Waals surface area contributed by atoms with Gasteiger partial charge < -0.3 is 15.6 Å². The van der Waals surface area contributed by atoms with Crippen LogP contribution in [0, 0.1) is 0 Å². The molecule has 7 heteroatoms. The van der Waals surface area contributed by atoms with E-state index in [9.17, 15) is 18.0 Å². The molecule has 3 N–H and O–H groups in total. The fraction of sp³-hybridized carbons (Fsp3) is 0.500. The summed E-state index contributed by atoms with van der Waals surface area (Å²) in [5, 5.41) is 1.81. The molecule has 1 heterocycles. The highest BCUT2D eigenvalue weighted by atomic mass is 19.4. The molecule has 0 saturated heterocycles. The van der Waals surface area contributed by atoms with Crippen LogP contribution in [-0.4, -0.2) is 23.2 Å². The third-order valence-corrected chi connectivity index (χ3v) is 2.06. The van der Waals surface area contributed by atoms with Crippen LogP contribution < -0.4 is 11.1 Å². The largest absolute Gasteiger partial charge is 0.405 e. The second kappa shape index (κ2) is 5.11. The second-order valence-electron chi connectivity index (χ2n) is 3.65. The van der Waals surface area contributed by atoms with Crippen molar-refractivity contribution in [1.29, 1.82) is 0 Å². The van der Waals surface area contributed by atoms with Crippen LogP contribution in [0.2, 0.25) is 0 Å². The van der Waals surface area contributed by atoms with E-state index in [1.54, 1.807) is 4.57 Å². The molecule has 4 nitrogen and oxygen atoms in total. The van der Waals surface area contributed by atoms with Gasteiger partial charge in [0.25, 0.3) is 5.91 Å². The van der Waals surface area contributed by atoms with Crippen molar-refractivity contribution in [2.24, 2.45) is 0 Å². The van der Waals surface area contributed by atoms with Crippen LogP contribution in [0.3, 0.4) is 0 Å². The first-order chi connectivity index (χ1) is 7.83. The van der Waals surface area contributed by atoms with Crippen molar-refractivity contribution >= 4 is 11.6 Å². The SMILES string of the molecule is CCCn1cc(N)cc1C(=O)NCC(F)(F)F. The van der Waals surface area contributed by atoms with E-state index >= 15 is 0 Å². The van der Waals surface area contributed by atoms with E-state index in [1.165, 1.54) is 12.3 Å². The summed E-state index contributed by atoms with van der Waals surface area (Å²) in [5.74, 6) is -0.771. The topological polar surface area (TPSA) is 60.0 Å². The molecular formula is C10H14F3N3O. The zero-order chi connectivity index (χ0) is 13.1. The molecule has 17 heavy (non-hydrogen) atoms. The average molecular weight is 249 g/mol. The molecule has 0 aromatic carbocycles. The molecule has 0 aliphatic heterocycles. The van der Waals surface area contributed by atoms with Crippen LogP contribution in [0.1, 0.15) is 23.8 Å². The molecule has 0 radical (unpaired) electrons. The summed E-state index contributed by atoms with van der Waals surface area (Å²) < 4.78 is 37.4. The maximum absolute atomic E-state index is 11.9. The maximum atomic E-state index is 11.9. The quantitative estimate of drug-likeness (QED) is 0.854. The van der Waals surface area contributed by atoms with Gasteiger partial charge in [-0.2, -0.15) is 13.2 Å². The number of nitrogens with two attached hydrogens (primary N) is 1. The Kier molecular flexibility index (Phi) is 4.03. The Labute approximate surface area is 96.6 Å². The van der Waals surface area contributed by atoms with Gasteiger partial charge in [-0.25, -0.2) is 0 Å². The summed E-state index contributed by atoms with van der Waals surface area (Å²) in [6, 6.07) is 1.36. The van der Waals surface area contributed by atoms with Gasteiger partial charge in [0.05, 0.1) is 5.69 Å². The van der Waals surface area contributed by atoms with Gasteiger partial charge in [0.1, 0.15) is 12.2 Å². The Morgan fingerprint density at radius 3 is 2.71 bits per heavy atom. The van der Waals surface area contributed by atoms with Crippen LogP contribution in [0.15, 0.2) is 12.3 Å². The lowest BCUT2D eigenvalue weighted by Gasteiger charge is -2.10. The van der Waals surface area contributed by atoms with Crippen molar-refractivity contribution in [2.75, 3.05) is 12.3 Å². The second-order valence-corrected chi connectivity index (χ2v) is 3.65. The zero-order valence-corrected chi connectivity index (χ0v) is 9.34. The Bertz CT molecular complexity index is 398. The number of carbonyl (C=O) groups is 1. The Hall–Kier alpha value is -1.66. The monoisotopic (exact) mass is 249 g/mol. The molecule has 1 aromatic heterocycles. The highest BCUT2D eigenvalue weighted by molar-refractivity contribution is 5.93. The van der Waals surface area contributed by atoms with Gasteiger partial charge in [-0.3, -0.25) is 4.79 Å². The number of nitrogens with one attached hydrogen (secondary N) is 1. The van der Waals surface area contributed by atoms with Crippen molar-refractivity contribution in [3.05, 3.63) is 18.0 Å².